The highest BCUT2D eigenvalue weighted by atomic mass is 32.2. The summed E-state index contributed by atoms with van der Waals surface area (Å²) < 4.78 is 28.0. The first kappa shape index (κ1) is 16.6. The number of nitrogens with two attached hydrogens (primary N) is 1. The molecule has 2 aromatic rings. The first-order valence-electron chi connectivity index (χ1n) is 8.21. The number of nitrogens with zero attached hydrogens (tertiary/aromatic N) is 1. The molecule has 0 aromatic heterocycles. The van der Waals surface area contributed by atoms with Crippen molar-refractivity contribution in [2.24, 2.45) is 0 Å². The van der Waals surface area contributed by atoms with E-state index in [1.165, 1.54) is 6.42 Å². The molecule has 3 N–H and O–H groups in total. The van der Waals surface area contributed by atoms with Crippen molar-refractivity contribution in [1.82, 2.24) is 0 Å². The van der Waals surface area contributed by atoms with Gasteiger partial charge in [-0.05, 0) is 56.5 Å². The number of anilines is 3. The number of hydrogen-bond donors (Lipinski definition) is 2. The summed E-state index contributed by atoms with van der Waals surface area (Å²) in [4.78, 5) is 2.50. The van der Waals surface area contributed by atoms with Crippen LogP contribution in [0.25, 0.3) is 0 Å². The predicted molar refractivity (Wildman–Crippen MR) is 98.8 cm³/mol. The molecule has 6 heteroatoms. The minimum Gasteiger partial charge on any atom is -0.399 e. The normalized spacial score (nSPS) is 18.4. The summed E-state index contributed by atoms with van der Waals surface area (Å²) in [6.45, 7) is 3.09. The molecule has 1 heterocycles. The second-order valence-corrected chi connectivity index (χ2v) is 7.92. The Morgan fingerprint density at radius 3 is 2.58 bits per heavy atom. The van der Waals surface area contributed by atoms with Crippen LogP contribution in [0.15, 0.2) is 53.4 Å². The highest BCUT2D eigenvalue weighted by Gasteiger charge is 2.23. The molecule has 0 amide bonds. The van der Waals surface area contributed by atoms with E-state index in [0.29, 0.717) is 17.4 Å². The summed E-state index contributed by atoms with van der Waals surface area (Å²) >= 11 is 0. The van der Waals surface area contributed by atoms with E-state index in [2.05, 4.69) is 16.5 Å². The molecule has 2 aromatic carbocycles. The Morgan fingerprint density at radius 2 is 1.88 bits per heavy atom. The highest BCUT2D eigenvalue weighted by Crippen LogP contribution is 2.34. The molecule has 0 radical (unpaired) electrons. The highest BCUT2D eigenvalue weighted by molar-refractivity contribution is 7.92. The van der Waals surface area contributed by atoms with Crippen LogP contribution in [0.5, 0.6) is 0 Å². The first-order chi connectivity index (χ1) is 11.5. The van der Waals surface area contributed by atoms with Gasteiger partial charge >= 0.3 is 0 Å². The van der Waals surface area contributed by atoms with Crippen LogP contribution in [0.4, 0.5) is 17.1 Å². The second-order valence-electron chi connectivity index (χ2n) is 6.23. The van der Waals surface area contributed by atoms with Crippen molar-refractivity contribution in [2.75, 3.05) is 21.9 Å². The number of benzene rings is 2. The summed E-state index contributed by atoms with van der Waals surface area (Å²) in [6.07, 6.45) is 3.42. The molecule has 1 aliphatic rings. The van der Waals surface area contributed by atoms with Crippen LogP contribution in [0, 0.1) is 0 Å². The van der Waals surface area contributed by atoms with E-state index in [1.807, 2.05) is 12.1 Å². The van der Waals surface area contributed by atoms with Crippen LogP contribution in [-0.2, 0) is 10.0 Å². The van der Waals surface area contributed by atoms with Gasteiger partial charge in [0.1, 0.15) is 0 Å². The fourth-order valence-corrected chi connectivity index (χ4v) is 4.23. The van der Waals surface area contributed by atoms with Crippen LogP contribution < -0.4 is 15.4 Å². The molecule has 1 aliphatic heterocycles. The van der Waals surface area contributed by atoms with Crippen molar-refractivity contribution < 1.29 is 8.42 Å². The van der Waals surface area contributed by atoms with Gasteiger partial charge in [-0.1, -0.05) is 18.2 Å². The standard InChI is InChI=1S/C18H23N3O2S/c1-14-7-5-6-12-21(14)18-11-10-15(19)13-17(18)20-24(22,23)16-8-3-2-4-9-16/h2-4,8-11,13-14,20H,5-7,12,19H2,1H3/t14-/m1/s1. The number of sulfonamides is 1. The molecule has 0 spiro atoms. The second kappa shape index (κ2) is 6.73. The third-order valence-corrected chi connectivity index (χ3v) is 5.81. The molecule has 0 aliphatic carbocycles. The average Bonchev–Trinajstić information content (AvgIpc) is 2.56. The summed E-state index contributed by atoms with van der Waals surface area (Å²) in [6, 6.07) is 14.2. The third-order valence-electron chi connectivity index (χ3n) is 4.43. The van der Waals surface area contributed by atoms with Gasteiger partial charge < -0.3 is 10.6 Å². The van der Waals surface area contributed by atoms with E-state index in [0.717, 1.165) is 25.1 Å². The smallest absolute Gasteiger partial charge is 0.261 e. The average molecular weight is 345 g/mol. The zero-order valence-electron chi connectivity index (χ0n) is 13.8. The van der Waals surface area contributed by atoms with Crippen LogP contribution >= 0.6 is 0 Å². The summed E-state index contributed by atoms with van der Waals surface area (Å²) in [5, 5.41) is 0. The Morgan fingerprint density at radius 1 is 1.12 bits per heavy atom. The fourth-order valence-electron chi connectivity index (χ4n) is 3.15. The molecule has 0 bridgehead atoms. The van der Waals surface area contributed by atoms with E-state index in [9.17, 15) is 8.42 Å². The lowest BCUT2D eigenvalue weighted by molar-refractivity contribution is 0.485. The van der Waals surface area contributed by atoms with E-state index in [4.69, 9.17) is 5.73 Å². The predicted octanol–water partition coefficient (Wildman–Crippen LogP) is 3.45. The Labute approximate surface area is 143 Å². The van der Waals surface area contributed by atoms with Crippen molar-refractivity contribution in [1.29, 1.82) is 0 Å². The maximum Gasteiger partial charge on any atom is 0.261 e. The van der Waals surface area contributed by atoms with Gasteiger partial charge in [0.05, 0.1) is 16.3 Å². The molecule has 1 atom stereocenters. The van der Waals surface area contributed by atoms with Crippen molar-refractivity contribution >= 4 is 27.1 Å². The quantitative estimate of drug-likeness (QED) is 0.832. The summed E-state index contributed by atoms with van der Waals surface area (Å²) in [5.74, 6) is 0. The van der Waals surface area contributed by atoms with Crippen LogP contribution in [-0.4, -0.2) is 21.0 Å². The fraction of sp³-hybridized carbons (Fsp3) is 0.333. The van der Waals surface area contributed by atoms with Gasteiger partial charge in [0, 0.05) is 18.3 Å². The molecule has 128 valence electrons. The lowest BCUT2D eigenvalue weighted by Gasteiger charge is -2.36. The zero-order valence-corrected chi connectivity index (χ0v) is 14.6. The molecule has 0 unspecified atom stereocenters. The third kappa shape index (κ3) is 3.48. The van der Waals surface area contributed by atoms with Crippen LogP contribution in [0.2, 0.25) is 0 Å². The molecular weight excluding hydrogens is 322 g/mol. The Kier molecular flexibility index (Phi) is 4.66. The Bertz CT molecular complexity index is 806. The largest absolute Gasteiger partial charge is 0.399 e. The molecule has 24 heavy (non-hydrogen) atoms. The lowest BCUT2D eigenvalue weighted by atomic mass is 10.0. The molecule has 0 saturated carbocycles. The maximum absolute atomic E-state index is 12.7. The van der Waals surface area contributed by atoms with E-state index >= 15 is 0 Å². The van der Waals surface area contributed by atoms with Crippen molar-refractivity contribution in [3.8, 4) is 0 Å². The molecule has 5 nitrogen and oxygen atoms in total. The van der Waals surface area contributed by atoms with Crippen LogP contribution in [0.1, 0.15) is 26.2 Å². The monoisotopic (exact) mass is 345 g/mol. The van der Waals surface area contributed by atoms with Gasteiger partial charge in [-0.25, -0.2) is 8.42 Å². The van der Waals surface area contributed by atoms with Gasteiger partial charge in [0.2, 0.25) is 0 Å². The van der Waals surface area contributed by atoms with Gasteiger partial charge in [0.25, 0.3) is 10.0 Å². The minimum atomic E-state index is -3.64. The number of nitrogens with one attached hydrogen (secondary N) is 1. The topological polar surface area (TPSA) is 75.4 Å². The number of nitrogen functional groups attached to an aromatic ring is 1. The van der Waals surface area contributed by atoms with E-state index < -0.39 is 10.0 Å². The number of rotatable bonds is 4. The van der Waals surface area contributed by atoms with Gasteiger partial charge in [-0.15, -0.1) is 0 Å². The maximum atomic E-state index is 12.7. The summed E-state index contributed by atoms with van der Waals surface area (Å²) in [7, 11) is -3.64. The number of piperidine rings is 1. The van der Waals surface area contributed by atoms with Crippen molar-refractivity contribution in [2.45, 2.75) is 37.1 Å². The number of hydrogen-bond acceptors (Lipinski definition) is 4. The molecule has 1 fully saturated rings. The van der Waals surface area contributed by atoms with E-state index in [1.54, 1.807) is 36.4 Å². The first-order valence-corrected chi connectivity index (χ1v) is 9.70. The Hall–Kier alpha value is -2.21. The van der Waals surface area contributed by atoms with Gasteiger partial charge in [0.15, 0.2) is 0 Å². The minimum absolute atomic E-state index is 0.241. The van der Waals surface area contributed by atoms with Crippen molar-refractivity contribution in [3.63, 3.8) is 0 Å². The van der Waals surface area contributed by atoms with Gasteiger partial charge in [-0.3, -0.25) is 4.72 Å². The summed E-state index contributed by atoms with van der Waals surface area (Å²) in [5.41, 5.74) is 7.85. The lowest BCUT2D eigenvalue weighted by Crippen LogP contribution is -2.38. The SMILES string of the molecule is C[C@@H]1CCCCN1c1ccc(N)cc1NS(=O)(=O)c1ccccc1. The van der Waals surface area contributed by atoms with Gasteiger partial charge in [-0.2, -0.15) is 0 Å². The van der Waals surface area contributed by atoms with Crippen molar-refractivity contribution in [3.05, 3.63) is 48.5 Å². The Balaban J connectivity index is 1.97. The molecule has 1 saturated heterocycles. The van der Waals surface area contributed by atoms with E-state index in [-0.39, 0.29) is 4.90 Å². The molecular formula is C18H23N3O2S. The van der Waals surface area contributed by atoms with Crippen LogP contribution in [0.3, 0.4) is 0 Å². The zero-order chi connectivity index (χ0) is 17.2. The molecule has 3 rings (SSSR count).